The molecule has 3 saturated heterocycles. The molecule has 9 aromatic rings. The molecule has 3 aliphatic heterocycles. The zero-order valence-corrected chi connectivity index (χ0v) is 54.7. The van der Waals surface area contributed by atoms with Crippen LogP contribution in [-0.4, -0.2) is 136 Å². The Bertz CT molecular complexity index is 3980. The minimum atomic E-state index is -2.92. The second kappa shape index (κ2) is 27.6. The average molecular weight is 1400 g/mol. The molecule has 0 aliphatic carbocycles. The molecule has 9 heterocycles. The van der Waals surface area contributed by atoms with Crippen molar-refractivity contribution in [3.8, 4) is 32.0 Å². The molecule has 90 heavy (non-hydrogen) atoms. The van der Waals surface area contributed by atoms with Crippen LogP contribution >= 0.6 is 68.8 Å². The zero-order valence-electron chi connectivity index (χ0n) is 47.6. The highest BCUT2D eigenvalue weighted by atomic mass is 35.5. The normalized spacial score (nSPS) is 24.6. The van der Waals surface area contributed by atoms with Gasteiger partial charge in [0.1, 0.15) is 40.6 Å². The molecule has 0 saturated carbocycles. The SMILES string of the molecule is C=S1(=O)N[C@@H](c2cc(-c3cn[nH]c3)cs2)C[C@@H](C(=O)Nc2ccc(F)c(Cl)c2)N1C.C=S1(=O)N[C@@H](c2ccc(-c3cn[nH]c3)s2)C[C@@H](C(=O)Nc2ccc(F)c(Cl)c2)N1C.C=S1(=O)N[C@@H](c2ncc(-c3cn[nH]c3)s2)C[C@@H](C(=O)Nc2ccc(F)c(Cl)c2)N1C. The summed E-state index contributed by atoms with van der Waals surface area (Å²) in [6.07, 6.45) is 13.3. The summed E-state index contributed by atoms with van der Waals surface area (Å²) in [6.45, 7) is 0. The fourth-order valence-electron chi connectivity index (χ4n) is 9.65. The molecule has 0 radical (unpaired) electrons. The number of nitrogens with one attached hydrogen (secondary N) is 9. The van der Waals surface area contributed by atoms with Crippen LogP contribution < -0.4 is 30.1 Å². The summed E-state index contributed by atoms with van der Waals surface area (Å²) < 4.78 is 92.7. The van der Waals surface area contributed by atoms with Crippen LogP contribution in [0.15, 0.2) is 122 Å². The Labute approximate surface area is 543 Å². The predicted molar refractivity (Wildman–Crippen MR) is 356 cm³/mol. The van der Waals surface area contributed by atoms with E-state index in [1.807, 2.05) is 23.6 Å². The summed E-state index contributed by atoms with van der Waals surface area (Å²) in [5, 5.41) is 30.7. The van der Waals surface area contributed by atoms with Gasteiger partial charge in [0.2, 0.25) is 17.7 Å². The number of carbonyl (C=O) groups excluding carboxylic acids is 3. The van der Waals surface area contributed by atoms with Crippen LogP contribution in [0.25, 0.3) is 32.0 Å². The number of anilines is 3. The molecule has 3 amide bonds. The lowest BCUT2D eigenvalue weighted by atomic mass is 10.0. The van der Waals surface area contributed by atoms with Crippen LogP contribution in [-0.2, 0) is 44.1 Å². The first kappa shape index (κ1) is 66.1. The number of thiazole rings is 1. The Morgan fingerprint density at radius 3 is 1.34 bits per heavy atom. The molecule has 34 heteroatoms. The van der Waals surface area contributed by atoms with Crippen LogP contribution in [0.2, 0.25) is 15.1 Å². The van der Waals surface area contributed by atoms with Crippen LogP contribution in [0.1, 0.15) is 52.1 Å². The number of likely N-dealkylation sites (N-methyl/N-ethyl adjacent to an activating group) is 3. The smallest absolute Gasteiger partial charge is 0.242 e. The van der Waals surface area contributed by atoms with E-state index in [-0.39, 0.29) is 39.0 Å². The van der Waals surface area contributed by atoms with Crippen molar-refractivity contribution in [3.05, 3.63) is 169 Å². The summed E-state index contributed by atoms with van der Waals surface area (Å²) in [6, 6.07) is 14.5. The van der Waals surface area contributed by atoms with E-state index >= 15 is 0 Å². The molecule has 0 spiro atoms. The van der Waals surface area contributed by atoms with Crippen molar-refractivity contribution >= 4 is 151 Å². The van der Waals surface area contributed by atoms with E-state index in [0.29, 0.717) is 41.3 Å². The quantitative estimate of drug-likeness (QED) is 0.0522. The van der Waals surface area contributed by atoms with E-state index in [1.54, 1.807) is 64.5 Å². The standard InChI is InChI=1S/2C19H19ClFN5O2S2.C18H18ClFN6O2S2/c1-26-17(19(27)24-13-3-4-15(21)14(20)6-13)7-16(25-30(26,2)28)18-5-11(10-29-18)12-8-22-23-9-12;1-26-16(19(27)24-12-3-4-14(21)13(20)7-12)8-15(25-30(26,2)28)18-6-5-17(29-18)11-9-22-23-10-11;1-26-15(17(27)24-11-3-4-13(20)12(19)5-11)6-14(25-30(26,2)28)18-21-9-16(29-18)10-7-22-23-8-10/h3-6,8-10,16-17H,2,7H2,1H3,(H,22,23)(H,24,27)(H,25,28);3-7,9-10,15-16H,2,8H2,1H3,(H,22,23)(H,24,27)(H,25,28);3-5,7-9,14-15H,2,6H2,1H3,(H,22,23)(H,24,27)(H,25,28)/t16-,17+,30?;15-,16+,30?;14-,15+,30?/m111/s1. The minimum absolute atomic E-state index is 0.0874. The van der Waals surface area contributed by atoms with Crippen LogP contribution in [0, 0.1) is 17.5 Å². The number of hydrogen-bond acceptors (Lipinski definition) is 13. The summed E-state index contributed by atoms with van der Waals surface area (Å²) in [7, 11) is -3.93. The molecule has 0 bridgehead atoms. The summed E-state index contributed by atoms with van der Waals surface area (Å²) in [4.78, 5) is 47.1. The van der Waals surface area contributed by atoms with Gasteiger partial charge in [0.25, 0.3) is 0 Å². The minimum Gasteiger partial charge on any atom is -0.325 e. The van der Waals surface area contributed by atoms with Gasteiger partial charge < -0.3 is 16.0 Å². The third-order valence-electron chi connectivity index (χ3n) is 14.7. The fraction of sp³-hybridized carbons (Fsp3) is 0.214. The molecular formula is C56H56Cl3F3N16O6S6. The van der Waals surface area contributed by atoms with E-state index in [2.05, 4.69) is 83.3 Å². The van der Waals surface area contributed by atoms with Crippen molar-refractivity contribution in [1.82, 2.24) is 62.7 Å². The number of carbonyl (C=O) groups is 3. The number of thiophene rings is 2. The van der Waals surface area contributed by atoms with E-state index < -0.39 is 77.2 Å². The molecule has 3 aliphatic rings. The number of amides is 3. The Morgan fingerprint density at radius 2 is 0.922 bits per heavy atom. The van der Waals surface area contributed by atoms with Crippen molar-refractivity contribution in [1.29, 1.82) is 0 Å². The van der Waals surface area contributed by atoms with Crippen LogP contribution in [0.4, 0.5) is 30.2 Å². The van der Waals surface area contributed by atoms with Crippen molar-refractivity contribution in [3.63, 3.8) is 0 Å². The lowest BCUT2D eigenvalue weighted by Gasteiger charge is -2.39. The fourth-order valence-corrected chi connectivity index (χ4v) is 17.7. The Balaban J connectivity index is 0.000000148. The number of aromatic amines is 3. The zero-order chi connectivity index (χ0) is 64.4. The molecule has 9 atom stereocenters. The summed E-state index contributed by atoms with van der Waals surface area (Å²) in [5.74, 6) is 8.50. The highest BCUT2D eigenvalue weighted by Gasteiger charge is 2.41. The number of aromatic nitrogens is 7. The van der Waals surface area contributed by atoms with Crippen molar-refractivity contribution in [2.75, 3.05) is 37.1 Å². The highest BCUT2D eigenvalue weighted by molar-refractivity contribution is 7.97. The summed E-state index contributed by atoms with van der Waals surface area (Å²) >= 11 is 21.9. The third-order valence-corrected chi connectivity index (χ3v) is 24.5. The van der Waals surface area contributed by atoms with E-state index in [4.69, 9.17) is 34.8 Å². The summed E-state index contributed by atoms with van der Waals surface area (Å²) in [5.41, 5.74) is 4.86. The Morgan fingerprint density at radius 1 is 0.522 bits per heavy atom. The number of H-pyrrole nitrogens is 3. The topological polar surface area (TPSA) is 283 Å². The molecule has 3 aromatic carbocycles. The Hall–Kier alpha value is -6.79. The number of benzene rings is 3. The second-order valence-corrected chi connectivity index (χ2v) is 31.3. The molecule has 3 unspecified atom stereocenters. The van der Waals surface area contributed by atoms with Gasteiger partial charge in [0.05, 0.1) is 86.3 Å². The maximum Gasteiger partial charge on any atom is 0.242 e. The Kier molecular flexibility index (Phi) is 20.3. The van der Waals surface area contributed by atoms with Gasteiger partial charge in [-0.05, 0) is 121 Å². The number of halogens is 6. The van der Waals surface area contributed by atoms with Gasteiger partial charge in [-0.2, -0.15) is 15.3 Å². The van der Waals surface area contributed by atoms with Crippen molar-refractivity contribution in [2.24, 2.45) is 0 Å². The third kappa shape index (κ3) is 15.2. The van der Waals surface area contributed by atoms with Gasteiger partial charge in [0, 0.05) is 94.3 Å². The number of hydrogen-bond donors (Lipinski definition) is 9. The maximum absolute atomic E-state index is 13.4. The van der Waals surface area contributed by atoms with Gasteiger partial charge >= 0.3 is 0 Å². The van der Waals surface area contributed by atoms with Gasteiger partial charge in [0.15, 0.2) is 0 Å². The molecule has 22 nitrogen and oxygen atoms in total. The molecular weight excluding hydrogens is 1350 g/mol. The highest BCUT2D eigenvalue weighted by Crippen LogP contribution is 2.39. The molecule has 3 fully saturated rings. The predicted octanol–water partition coefficient (Wildman–Crippen LogP) is 9.75. The monoisotopic (exact) mass is 1400 g/mol. The van der Waals surface area contributed by atoms with Crippen LogP contribution in [0.3, 0.4) is 0 Å². The van der Waals surface area contributed by atoms with Crippen LogP contribution in [0.5, 0.6) is 0 Å². The van der Waals surface area contributed by atoms with Crippen molar-refractivity contribution in [2.45, 2.75) is 55.5 Å². The van der Waals surface area contributed by atoms with Gasteiger partial charge in [-0.3, -0.25) is 29.7 Å². The van der Waals surface area contributed by atoms with Gasteiger partial charge in [-0.1, -0.05) is 34.8 Å². The number of rotatable bonds is 12. The van der Waals surface area contributed by atoms with E-state index in [9.17, 15) is 40.2 Å². The van der Waals surface area contributed by atoms with Crippen molar-refractivity contribution < 1.29 is 40.2 Å². The molecule has 9 N–H and O–H groups in total. The second-order valence-electron chi connectivity index (χ2n) is 20.6. The van der Waals surface area contributed by atoms with Gasteiger partial charge in [-0.15, -0.1) is 34.0 Å². The first-order valence-corrected chi connectivity index (χ1v) is 35.4. The molecule has 6 aromatic heterocycles. The van der Waals surface area contributed by atoms with Gasteiger partial charge in [-0.25, -0.2) is 57.9 Å². The first-order chi connectivity index (χ1) is 42.7. The maximum atomic E-state index is 13.4. The number of nitrogens with zero attached hydrogens (tertiary/aromatic N) is 7. The molecule has 474 valence electrons. The van der Waals surface area contributed by atoms with E-state index in [0.717, 1.165) is 41.8 Å². The van der Waals surface area contributed by atoms with E-state index in [1.165, 1.54) is 102 Å². The largest absolute Gasteiger partial charge is 0.325 e. The lowest BCUT2D eigenvalue weighted by Crippen LogP contribution is -2.55. The molecule has 12 rings (SSSR count). The lowest BCUT2D eigenvalue weighted by molar-refractivity contribution is -0.120. The first-order valence-electron chi connectivity index (χ1n) is 26.7. The average Bonchev–Trinajstić information content (AvgIpc) is 1.28.